The molecule has 0 spiro atoms. The fraction of sp³-hybridized carbons (Fsp3) is 0.529. The lowest BCUT2D eigenvalue weighted by molar-refractivity contribution is -0.118. The zero-order chi connectivity index (χ0) is 15.4. The van der Waals surface area contributed by atoms with E-state index in [9.17, 15) is 4.79 Å². The smallest absolute Gasteiger partial charge is 0.248 e. The first-order chi connectivity index (χ1) is 10.1. The molecule has 0 aliphatic heterocycles. The van der Waals surface area contributed by atoms with E-state index >= 15 is 0 Å². The number of carbonyl (C=O) groups is 1. The molecule has 21 heavy (non-hydrogen) atoms. The molecule has 0 aliphatic carbocycles. The van der Waals surface area contributed by atoms with Gasteiger partial charge in [0, 0.05) is 13.0 Å². The standard InChI is InChI=1S/C17H24N2OS/c1-5-7-8-16(20)18-17-19(6-2)14-10-9-13(12(3)4)11-15(14)21-17/h9-12H,5-8H2,1-4H3. The van der Waals surface area contributed by atoms with Crippen LogP contribution in [-0.2, 0) is 11.3 Å². The number of rotatable bonds is 5. The fourth-order valence-electron chi connectivity index (χ4n) is 2.33. The molecule has 1 aromatic carbocycles. The maximum Gasteiger partial charge on any atom is 0.248 e. The summed E-state index contributed by atoms with van der Waals surface area (Å²) >= 11 is 1.62. The number of hydrogen-bond acceptors (Lipinski definition) is 2. The molecule has 1 aromatic heterocycles. The maximum absolute atomic E-state index is 11.9. The summed E-state index contributed by atoms with van der Waals surface area (Å²) in [5, 5.41) is 0. The average molecular weight is 304 g/mol. The van der Waals surface area contributed by atoms with Crippen LogP contribution in [0.5, 0.6) is 0 Å². The Morgan fingerprint density at radius 2 is 2.10 bits per heavy atom. The molecule has 0 fully saturated rings. The van der Waals surface area contributed by atoms with Gasteiger partial charge in [0.15, 0.2) is 4.80 Å². The number of nitrogens with zero attached hydrogens (tertiary/aromatic N) is 2. The minimum Gasteiger partial charge on any atom is -0.317 e. The van der Waals surface area contributed by atoms with Crippen LogP contribution >= 0.6 is 11.3 Å². The second kappa shape index (κ2) is 7.03. The number of benzene rings is 1. The summed E-state index contributed by atoms with van der Waals surface area (Å²) in [5.41, 5.74) is 2.50. The zero-order valence-electron chi connectivity index (χ0n) is 13.3. The van der Waals surface area contributed by atoms with Crippen molar-refractivity contribution in [3.63, 3.8) is 0 Å². The third kappa shape index (κ3) is 3.62. The Morgan fingerprint density at radius 1 is 1.33 bits per heavy atom. The Kier molecular flexibility index (Phi) is 5.34. The highest BCUT2D eigenvalue weighted by Crippen LogP contribution is 2.23. The van der Waals surface area contributed by atoms with Crippen LogP contribution in [0.2, 0.25) is 0 Å². The number of aromatic nitrogens is 1. The van der Waals surface area contributed by atoms with E-state index < -0.39 is 0 Å². The monoisotopic (exact) mass is 304 g/mol. The number of amides is 1. The van der Waals surface area contributed by atoms with Gasteiger partial charge in [0.2, 0.25) is 5.91 Å². The van der Waals surface area contributed by atoms with E-state index in [0.717, 1.165) is 24.2 Å². The van der Waals surface area contributed by atoms with E-state index in [1.807, 2.05) is 0 Å². The molecule has 0 atom stereocenters. The van der Waals surface area contributed by atoms with Gasteiger partial charge < -0.3 is 4.57 Å². The van der Waals surface area contributed by atoms with Crippen LogP contribution in [0.3, 0.4) is 0 Å². The van der Waals surface area contributed by atoms with Crippen LogP contribution in [0.1, 0.15) is 58.4 Å². The minimum absolute atomic E-state index is 0.00492. The summed E-state index contributed by atoms with van der Waals surface area (Å²) in [6.45, 7) is 9.41. The molecule has 0 radical (unpaired) electrons. The Balaban J connectivity index is 2.48. The Hall–Kier alpha value is -1.42. The first kappa shape index (κ1) is 16.0. The van der Waals surface area contributed by atoms with Crippen molar-refractivity contribution in [3.8, 4) is 0 Å². The molecule has 114 valence electrons. The number of hydrogen-bond donors (Lipinski definition) is 0. The lowest BCUT2D eigenvalue weighted by Crippen LogP contribution is -2.15. The number of thiazole rings is 1. The molecule has 4 heteroatoms. The van der Waals surface area contributed by atoms with Gasteiger partial charge in [-0.2, -0.15) is 4.99 Å². The highest BCUT2D eigenvalue weighted by molar-refractivity contribution is 7.16. The summed E-state index contributed by atoms with van der Waals surface area (Å²) in [6.07, 6.45) is 2.49. The first-order valence-electron chi connectivity index (χ1n) is 7.77. The predicted molar refractivity (Wildman–Crippen MR) is 89.7 cm³/mol. The highest BCUT2D eigenvalue weighted by atomic mass is 32.1. The second-order valence-electron chi connectivity index (χ2n) is 5.62. The fourth-order valence-corrected chi connectivity index (χ4v) is 3.49. The van der Waals surface area contributed by atoms with Crippen molar-refractivity contribution in [3.05, 3.63) is 28.6 Å². The van der Waals surface area contributed by atoms with Gasteiger partial charge >= 0.3 is 0 Å². The second-order valence-corrected chi connectivity index (χ2v) is 6.63. The number of unbranched alkanes of at least 4 members (excludes halogenated alkanes) is 1. The lowest BCUT2D eigenvalue weighted by Gasteiger charge is -2.05. The average Bonchev–Trinajstić information content (AvgIpc) is 2.80. The molecule has 3 nitrogen and oxygen atoms in total. The van der Waals surface area contributed by atoms with Crippen molar-refractivity contribution in [1.82, 2.24) is 4.57 Å². The van der Waals surface area contributed by atoms with E-state index in [2.05, 4.69) is 55.5 Å². The van der Waals surface area contributed by atoms with Gasteiger partial charge in [-0.1, -0.05) is 44.6 Å². The first-order valence-corrected chi connectivity index (χ1v) is 8.59. The highest BCUT2D eigenvalue weighted by Gasteiger charge is 2.08. The third-order valence-electron chi connectivity index (χ3n) is 3.65. The Morgan fingerprint density at radius 3 is 2.71 bits per heavy atom. The van der Waals surface area contributed by atoms with Crippen molar-refractivity contribution < 1.29 is 4.79 Å². The van der Waals surface area contributed by atoms with E-state index in [4.69, 9.17) is 0 Å². The van der Waals surface area contributed by atoms with Gasteiger partial charge in [0.25, 0.3) is 0 Å². The molecule has 2 aromatic rings. The van der Waals surface area contributed by atoms with Gasteiger partial charge in [0.05, 0.1) is 10.2 Å². The summed E-state index contributed by atoms with van der Waals surface area (Å²) in [5.74, 6) is 0.507. The molecule has 1 amide bonds. The maximum atomic E-state index is 11.9. The van der Waals surface area contributed by atoms with Gasteiger partial charge in [-0.05, 0) is 37.0 Å². The molecule has 0 bridgehead atoms. The van der Waals surface area contributed by atoms with E-state index in [1.54, 1.807) is 11.3 Å². The van der Waals surface area contributed by atoms with Crippen molar-refractivity contribution in [2.45, 2.75) is 59.4 Å². The van der Waals surface area contributed by atoms with Crippen LogP contribution in [0.4, 0.5) is 0 Å². The number of carbonyl (C=O) groups excluding carboxylic acids is 1. The number of fused-ring (bicyclic) bond motifs is 1. The van der Waals surface area contributed by atoms with Crippen LogP contribution in [0.25, 0.3) is 10.2 Å². The minimum atomic E-state index is -0.00492. The molecule has 2 rings (SSSR count). The molecule has 0 saturated carbocycles. The molecular formula is C17H24N2OS. The van der Waals surface area contributed by atoms with Gasteiger partial charge in [-0.15, -0.1) is 0 Å². The molecule has 0 aliphatic rings. The Labute approximate surface area is 130 Å². The van der Waals surface area contributed by atoms with Crippen LogP contribution < -0.4 is 4.80 Å². The van der Waals surface area contributed by atoms with Gasteiger partial charge in [-0.25, -0.2) is 0 Å². The summed E-state index contributed by atoms with van der Waals surface area (Å²) in [7, 11) is 0. The quantitative estimate of drug-likeness (QED) is 0.803. The lowest BCUT2D eigenvalue weighted by atomic mass is 10.0. The van der Waals surface area contributed by atoms with E-state index in [0.29, 0.717) is 12.3 Å². The topological polar surface area (TPSA) is 34.4 Å². The molecule has 0 unspecified atom stereocenters. The SMILES string of the molecule is CCCCC(=O)N=c1sc2cc(C(C)C)ccc2n1CC. The van der Waals surface area contributed by atoms with Gasteiger partial charge in [-0.3, -0.25) is 4.79 Å². The van der Waals surface area contributed by atoms with Crippen LogP contribution in [-0.4, -0.2) is 10.5 Å². The normalized spacial score (nSPS) is 12.5. The molecule has 1 heterocycles. The van der Waals surface area contributed by atoms with Gasteiger partial charge in [0.1, 0.15) is 0 Å². The molecule has 0 saturated heterocycles. The summed E-state index contributed by atoms with van der Waals surface area (Å²) < 4.78 is 3.35. The largest absolute Gasteiger partial charge is 0.317 e. The molecular weight excluding hydrogens is 280 g/mol. The van der Waals surface area contributed by atoms with Crippen LogP contribution in [0.15, 0.2) is 23.2 Å². The third-order valence-corrected chi connectivity index (χ3v) is 4.70. The zero-order valence-corrected chi connectivity index (χ0v) is 14.2. The Bertz CT molecular complexity index is 694. The van der Waals surface area contributed by atoms with Crippen molar-refractivity contribution >= 4 is 27.5 Å². The van der Waals surface area contributed by atoms with Crippen molar-refractivity contribution in [2.75, 3.05) is 0 Å². The molecule has 0 N–H and O–H groups in total. The predicted octanol–water partition coefficient (Wildman–Crippen LogP) is 4.46. The van der Waals surface area contributed by atoms with Crippen molar-refractivity contribution in [1.29, 1.82) is 0 Å². The van der Waals surface area contributed by atoms with E-state index in [-0.39, 0.29) is 5.91 Å². The van der Waals surface area contributed by atoms with Crippen LogP contribution in [0, 0.1) is 0 Å². The van der Waals surface area contributed by atoms with Crippen molar-refractivity contribution in [2.24, 2.45) is 4.99 Å². The number of aryl methyl sites for hydroxylation is 1. The summed E-state index contributed by atoms with van der Waals surface area (Å²) in [6, 6.07) is 6.56. The summed E-state index contributed by atoms with van der Waals surface area (Å²) in [4.78, 5) is 17.1. The van der Waals surface area contributed by atoms with E-state index in [1.165, 1.54) is 15.8 Å².